The molecule has 6 heteroatoms. The maximum absolute atomic E-state index is 11.4. The third kappa shape index (κ3) is 6.23. The highest BCUT2D eigenvalue weighted by Crippen LogP contribution is 2.20. The maximum Gasteiger partial charge on any atom is 0.407 e. The standard InChI is InChI=1S/C14H26N2O4/c1-4-19-13(17)7-6-11-8-12(10-16(3)9-11)15-14(18)20-5-2/h11-12H,4-10H2,1-3H3,(H,15,18). The molecule has 20 heavy (non-hydrogen) atoms. The van der Waals surface area contributed by atoms with E-state index in [-0.39, 0.29) is 18.1 Å². The van der Waals surface area contributed by atoms with Gasteiger partial charge < -0.3 is 19.7 Å². The number of nitrogens with zero attached hydrogens (tertiary/aromatic N) is 1. The highest BCUT2D eigenvalue weighted by molar-refractivity contribution is 5.69. The normalized spacial score (nSPS) is 23.1. The van der Waals surface area contributed by atoms with E-state index in [9.17, 15) is 9.59 Å². The molecule has 2 unspecified atom stereocenters. The average molecular weight is 286 g/mol. The SMILES string of the molecule is CCOC(=O)CCC1CC(NC(=O)OCC)CN(C)C1. The number of amides is 1. The Kier molecular flexibility index (Phi) is 7.36. The van der Waals surface area contributed by atoms with Crippen molar-refractivity contribution in [3.05, 3.63) is 0 Å². The molecule has 0 aromatic heterocycles. The van der Waals surface area contributed by atoms with Crippen molar-refractivity contribution < 1.29 is 19.1 Å². The molecule has 0 saturated carbocycles. The van der Waals surface area contributed by atoms with Gasteiger partial charge in [0.1, 0.15) is 0 Å². The average Bonchev–Trinajstić information content (AvgIpc) is 2.36. The summed E-state index contributed by atoms with van der Waals surface area (Å²) in [5.41, 5.74) is 0. The number of likely N-dealkylation sites (N-methyl/N-ethyl adjacent to an activating group) is 1. The Labute approximate surface area is 120 Å². The van der Waals surface area contributed by atoms with Gasteiger partial charge in [0.25, 0.3) is 0 Å². The summed E-state index contributed by atoms with van der Waals surface area (Å²) in [4.78, 5) is 25.0. The molecule has 0 spiro atoms. The molecule has 2 atom stereocenters. The van der Waals surface area contributed by atoms with Crippen LogP contribution in [0, 0.1) is 5.92 Å². The van der Waals surface area contributed by atoms with Crippen molar-refractivity contribution in [3.8, 4) is 0 Å². The van der Waals surface area contributed by atoms with Crippen LogP contribution < -0.4 is 5.32 Å². The van der Waals surface area contributed by atoms with Crippen molar-refractivity contribution in [2.24, 2.45) is 5.92 Å². The smallest absolute Gasteiger partial charge is 0.407 e. The third-order valence-corrected chi connectivity index (χ3v) is 3.38. The minimum absolute atomic E-state index is 0.0833. The fourth-order valence-corrected chi connectivity index (χ4v) is 2.65. The maximum atomic E-state index is 11.4. The Hall–Kier alpha value is -1.30. The molecule has 116 valence electrons. The van der Waals surface area contributed by atoms with Crippen LogP contribution in [0.25, 0.3) is 0 Å². The highest BCUT2D eigenvalue weighted by Gasteiger charge is 2.27. The van der Waals surface area contributed by atoms with Gasteiger partial charge in [0.2, 0.25) is 0 Å². The fourth-order valence-electron chi connectivity index (χ4n) is 2.65. The van der Waals surface area contributed by atoms with Crippen molar-refractivity contribution in [1.82, 2.24) is 10.2 Å². The largest absolute Gasteiger partial charge is 0.466 e. The Morgan fingerprint density at radius 2 is 1.90 bits per heavy atom. The molecule has 1 heterocycles. The minimum atomic E-state index is -0.364. The summed E-state index contributed by atoms with van der Waals surface area (Å²) >= 11 is 0. The highest BCUT2D eigenvalue weighted by atomic mass is 16.5. The molecule has 1 amide bonds. The van der Waals surface area contributed by atoms with E-state index in [0.29, 0.717) is 25.6 Å². The Balaban J connectivity index is 2.37. The number of hydrogen-bond donors (Lipinski definition) is 1. The number of likely N-dealkylation sites (tertiary alicyclic amines) is 1. The van der Waals surface area contributed by atoms with Crippen molar-refractivity contribution in [2.75, 3.05) is 33.4 Å². The minimum Gasteiger partial charge on any atom is -0.466 e. The molecule has 0 radical (unpaired) electrons. The van der Waals surface area contributed by atoms with Gasteiger partial charge in [0.15, 0.2) is 0 Å². The quantitative estimate of drug-likeness (QED) is 0.747. The molecule has 0 aromatic rings. The summed E-state index contributed by atoms with van der Waals surface area (Å²) in [6.45, 7) is 6.16. The van der Waals surface area contributed by atoms with Gasteiger partial charge in [-0.2, -0.15) is 0 Å². The number of ether oxygens (including phenoxy) is 2. The Morgan fingerprint density at radius 1 is 1.20 bits per heavy atom. The summed E-state index contributed by atoms with van der Waals surface area (Å²) < 4.78 is 9.84. The van der Waals surface area contributed by atoms with Gasteiger partial charge in [-0.05, 0) is 39.7 Å². The zero-order valence-corrected chi connectivity index (χ0v) is 12.7. The van der Waals surface area contributed by atoms with E-state index >= 15 is 0 Å². The van der Waals surface area contributed by atoms with E-state index in [4.69, 9.17) is 9.47 Å². The van der Waals surface area contributed by atoms with E-state index < -0.39 is 0 Å². The summed E-state index contributed by atoms with van der Waals surface area (Å²) in [6.07, 6.45) is 1.75. The van der Waals surface area contributed by atoms with Crippen LogP contribution in [0.4, 0.5) is 4.79 Å². The van der Waals surface area contributed by atoms with Gasteiger partial charge in [0.05, 0.1) is 13.2 Å². The molecule has 0 bridgehead atoms. The number of alkyl carbamates (subject to hydrolysis) is 1. The van der Waals surface area contributed by atoms with E-state index in [0.717, 1.165) is 25.9 Å². The first-order valence-corrected chi connectivity index (χ1v) is 7.32. The lowest BCUT2D eigenvalue weighted by Crippen LogP contribution is -2.49. The van der Waals surface area contributed by atoms with Crippen LogP contribution in [0.1, 0.15) is 33.1 Å². The molecule has 6 nitrogen and oxygen atoms in total. The molecular weight excluding hydrogens is 260 g/mol. The van der Waals surface area contributed by atoms with Crippen LogP contribution in [-0.2, 0) is 14.3 Å². The van der Waals surface area contributed by atoms with Crippen molar-refractivity contribution in [1.29, 1.82) is 0 Å². The van der Waals surface area contributed by atoms with E-state index in [1.165, 1.54) is 0 Å². The predicted molar refractivity (Wildman–Crippen MR) is 75.4 cm³/mol. The molecule has 1 fully saturated rings. The number of hydrogen-bond acceptors (Lipinski definition) is 5. The summed E-state index contributed by atoms with van der Waals surface area (Å²) in [7, 11) is 2.02. The van der Waals surface area contributed by atoms with Gasteiger partial charge in [0, 0.05) is 25.6 Å². The molecule has 0 aromatic carbocycles. The predicted octanol–water partition coefficient (Wildman–Crippen LogP) is 1.40. The summed E-state index contributed by atoms with van der Waals surface area (Å²) in [5, 5.41) is 2.87. The van der Waals surface area contributed by atoms with E-state index in [1.807, 2.05) is 14.0 Å². The van der Waals surface area contributed by atoms with Gasteiger partial charge in [-0.15, -0.1) is 0 Å². The first-order valence-electron chi connectivity index (χ1n) is 7.32. The van der Waals surface area contributed by atoms with Crippen LogP contribution in [0.5, 0.6) is 0 Å². The first kappa shape index (κ1) is 16.8. The molecule has 1 rings (SSSR count). The lowest BCUT2D eigenvalue weighted by atomic mass is 9.90. The van der Waals surface area contributed by atoms with Gasteiger partial charge >= 0.3 is 12.1 Å². The zero-order valence-electron chi connectivity index (χ0n) is 12.7. The van der Waals surface area contributed by atoms with E-state index in [2.05, 4.69) is 10.2 Å². The second-order valence-corrected chi connectivity index (χ2v) is 5.23. The monoisotopic (exact) mass is 286 g/mol. The number of carbonyl (C=O) groups is 2. The summed E-state index contributed by atoms with van der Waals surface area (Å²) in [5.74, 6) is 0.251. The van der Waals surface area contributed by atoms with Crippen LogP contribution in [0.15, 0.2) is 0 Å². The van der Waals surface area contributed by atoms with Crippen LogP contribution in [0.2, 0.25) is 0 Å². The Bertz CT molecular complexity index is 322. The van der Waals surface area contributed by atoms with Crippen LogP contribution in [-0.4, -0.2) is 56.4 Å². The van der Waals surface area contributed by atoms with Gasteiger partial charge in [-0.1, -0.05) is 0 Å². The third-order valence-electron chi connectivity index (χ3n) is 3.38. The second kappa shape index (κ2) is 8.79. The number of carbonyl (C=O) groups excluding carboxylic acids is 2. The van der Waals surface area contributed by atoms with Crippen molar-refractivity contribution in [3.63, 3.8) is 0 Å². The molecule has 0 aliphatic carbocycles. The van der Waals surface area contributed by atoms with Crippen LogP contribution in [0.3, 0.4) is 0 Å². The zero-order chi connectivity index (χ0) is 15.0. The lowest BCUT2D eigenvalue weighted by molar-refractivity contribution is -0.143. The number of esters is 1. The number of rotatable bonds is 6. The van der Waals surface area contributed by atoms with Crippen molar-refractivity contribution >= 4 is 12.1 Å². The summed E-state index contributed by atoms with van der Waals surface area (Å²) in [6, 6.07) is 0.0833. The number of piperidine rings is 1. The van der Waals surface area contributed by atoms with Crippen molar-refractivity contribution in [2.45, 2.75) is 39.2 Å². The molecule has 1 saturated heterocycles. The van der Waals surface area contributed by atoms with Gasteiger partial charge in [-0.25, -0.2) is 4.79 Å². The first-order chi connectivity index (χ1) is 9.55. The van der Waals surface area contributed by atoms with Gasteiger partial charge in [-0.3, -0.25) is 4.79 Å². The molecule has 1 aliphatic rings. The number of nitrogens with one attached hydrogen (secondary N) is 1. The topological polar surface area (TPSA) is 67.9 Å². The molecular formula is C14H26N2O4. The lowest BCUT2D eigenvalue weighted by Gasteiger charge is -2.35. The second-order valence-electron chi connectivity index (χ2n) is 5.23. The molecule has 1 N–H and O–H groups in total. The Morgan fingerprint density at radius 3 is 2.55 bits per heavy atom. The van der Waals surface area contributed by atoms with E-state index in [1.54, 1.807) is 6.92 Å². The fraction of sp³-hybridized carbons (Fsp3) is 0.857. The van der Waals surface area contributed by atoms with Crippen LogP contribution >= 0.6 is 0 Å². The molecule has 1 aliphatic heterocycles.